The lowest BCUT2D eigenvalue weighted by atomic mass is 9.87. The molecule has 5 heteroatoms. The minimum atomic E-state index is 0.0352. The fraction of sp³-hybridized carbons (Fsp3) is 0.0541. The molecule has 0 N–H and O–H groups in total. The molecule has 0 fully saturated rings. The van der Waals surface area contributed by atoms with Gasteiger partial charge in [-0.2, -0.15) is 0 Å². The molecule has 0 aliphatic carbocycles. The summed E-state index contributed by atoms with van der Waals surface area (Å²) in [5, 5.41) is 12.5. The van der Waals surface area contributed by atoms with Crippen LogP contribution in [0.4, 0.5) is 17.1 Å². The summed E-state index contributed by atoms with van der Waals surface area (Å²) in [7, 11) is 0. The van der Waals surface area contributed by atoms with E-state index in [2.05, 4.69) is 267 Å². The van der Waals surface area contributed by atoms with Crippen LogP contribution in [0, 0.1) is 0 Å². The van der Waals surface area contributed by atoms with Gasteiger partial charge in [-0.15, -0.1) is 22.7 Å². The Bertz CT molecular complexity index is 5110. The number of nitrogens with zero attached hydrogens (tertiary/aromatic N) is 2. The van der Waals surface area contributed by atoms with Crippen molar-refractivity contribution in [1.82, 2.24) is 4.57 Å². The summed E-state index contributed by atoms with van der Waals surface area (Å²) < 4.78 is 14.2. The average molecular weight is 1050 g/mol. The second kappa shape index (κ2) is 17.6. The van der Waals surface area contributed by atoms with Gasteiger partial charge >= 0.3 is 0 Å². The molecule has 4 heterocycles. The van der Waals surface area contributed by atoms with Crippen molar-refractivity contribution in [2.75, 3.05) is 4.90 Å². The zero-order valence-corrected chi connectivity index (χ0v) is 45.4. The third-order valence-corrected chi connectivity index (χ3v) is 18.6. The number of benzene rings is 12. The molecule has 4 aromatic heterocycles. The molecular formula is C74H50N2OS2. The highest BCUT2D eigenvalue weighted by Crippen LogP contribution is 2.46. The van der Waals surface area contributed by atoms with E-state index in [1.165, 1.54) is 106 Å². The molecule has 374 valence electrons. The quantitative estimate of drug-likeness (QED) is 0.159. The van der Waals surface area contributed by atoms with Crippen molar-refractivity contribution in [3.63, 3.8) is 0 Å². The van der Waals surface area contributed by atoms with Gasteiger partial charge in [-0.3, -0.25) is 0 Å². The van der Waals surface area contributed by atoms with Gasteiger partial charge in [0.05, 0.1) is 11.0 Å². The molecule has 3 nitrogen and oxygen atoms in total. The second-order valence-electron chi connectivity index (χ2n) is 22.1. The number of furan rings is 1. The van der Waals surface area contributed by atoms with Crippen molar-refractivity contribution >= 4 is 135 Å². The van der Waals surface area contributed by atoms with Crippen molar-refractivity contribution in [3.8, 4) is 39.1 Å². The van der Waals surface area contributed by atoms with Crippen LogP contribution in [-0.2, 0) is 5.41 Å². The third kappa shape index (κ3) is 7.52. The van der Waals surface area contributed by atoms with Crippen molar-refractivity contribution in [2.45, 2.75) is 26.2 Å². The molecule has 16 rings (SSSR count). The number of hydrogen-bond acceptors (Lipinski definition) is 4. The Morgan fingerprint density at radius 2 is 0.924 bits per heavy atom. The van der Waals surface area contributed by atoms with Crippen LogP contribution < -0.4 is 4.90 Å². The van der Waals surface area contributed by atoms with Crippen LogP contribution in [0.25, 0.3) is 134 Å². The highest BCUT2D eigenvalue weighted by Gasteiger charge is 2.21. The summed E-state index contributed by atoms with van der Waals surface area (Å²) in [4.78, 5) is 2.34. The molecule has 12 aromatic carbocycles. The minimum absolute atomic E-state index is 0.0352. The van der Waals surface area contributed by atoms with Gasteiger partial charge in [0.25, 0.3) is 0 Å². The number of para-hydroxylation sites is 1. The summed E-state index contributed by atoms with van der Waals surface area (Å²) in [6, 6.07) is 92.3. The predicted octanol–water partition coefficient (Wildman–Crippen LogP) is 22.3. The van der Waals surface area contributed by atoms with Crippen LogP contribution in [-0.4, -0.2) is 4.57 Å². The Kier molecular flexibility index (Phi) is 10.2. The maximum Gasteiger partial charge on any atom is 0.137 e. The number of thiophene rings is 2. The van der Waals surface area contributed by atoms with Gasteiger partial charge < -0.3 is 13.9 Å². The molecular weight excluding hydrogens is 997 g/mol. The van der Waals surface area contributed by atoms with E-state index in [0.29, 0.717) is 0 Å². The summed E-state index contributed by atoms with van der Waals surface area (Å²) in [5.74, 6) is 0. The number of hydrogen-bond donors (Lipinski definition) is 0. The highest BCUT2D eigenvalue weighted by molar-refractivity contribution is 7.26. The number of anilines is 3. The fourth-order valence-electron chi connectivity index (χ4n) is 12.3. The number of rotatable bonds is 7. The zero-order chi connectivity index (χ0) is 52.5. The first-order valence-electron chi connectivity index (χ1n) is 27.1. The number of aromatic nitrogens is 1. The standard InChI is InChI=1S/C74H50N2OS2/c1-74(2,3)52-25-29-54(30-26-52)75(55-31-33-58-57-15-7-10-18-67(57)77-68(58)42-55)53-27-21-46(22-28-53)50-37-49(45-13-5-4-6-14-45)38-51(39-50)47-23-35-65-63(40-47)64-44-62-48(24-36-71-73(62)61-17-9-12-20-70(61)78-71)41-66(64)76(65)56-32-34-60-59-16-8-11-19-69(59)79-72(60)43-56/h4-44H,1-3H3. The monoisotopic (exact) mass is 1050 g/mol. The second-order valence-corrected chi connectivity index (χ2v) is 24.3. The fourth-order valence-corrected chi connectivity index (χ4v) is 14.6. The van der Waals surface area contributed by atoms with Gasteiger partial charge in [-0.1, -0.05) is 148 Å². The lowest BCUT2D eigenvalue weighted by Gasteiger charge is -2.27. The summed E-state index contributed by atoms with van der Waals surface area (Å²) in [5.41, 5.74) is 16.8. The van der Waals surface area contributed by atoms with Crippen LogP contribution in [0.1, 0.15) is 26.3 Å². The first-order valence-corrected chi connectivity index (χ1v) is 28.7. The minimum Gasteiger partial charge on any atom is -0.456 e. The molecule has 0 radical (unpaired) electrons. The Labute approximate surface area is 465 Å². The van der Waals surface area contributed by atoms with Gasteiger partial charge in [0.15, 0.2) is 0 Å². The molecule has 0 saturated carbocycles. The third-order valence-electron chi connectivity index (χ3n) is 16.3. The molecule has 0 amide bonds. The SMILES string of the molecule is CC(C)(C)c1ccc(N(c2ccc(-c3cc(-c4ccccc4)cc(-c4ccc5c(c4)c4cc6c(ccc7sc8ccccc8c76)cc4n5-c4ccc5c(c4)sc4ccccc45)c3)cc2)c2ccc3c(c2)oc2ccccc23)cc1. The van der Waals surface area contributed by atoms with Crippen LogP contribution in [0.2, 0.25) is 0 Å². The van der Waals surface area contributed by atoms with Gasteiger partial charge in [-0.05, 0) is 170 Å². The van der Waals surface area contributed by atoms with E-state index < -0.39 is 0 Å². The van der Waals surface area contributed by atoms with Crippen LogP contribution in [0.3, 0.4) is 0 Å². The van der Waals surface area contributed by atoms with E-state index in [1.807, 2.05) is 34.8 Å². The molecule has 79 heavy (non-hydrogen) atoms. The van der Waals surface area contributed by atoms with E-state index >= 15 is 0 Å². The van der Waals surface area contributed by atoms with Crippen LogP contribution >= 0.6 is 22.7 Å². The molecule has 0 atom stereocenters. The van der Waals surface area contributed by atoms with E-state index in [4.69, 9.17) is 4.42 Å². The van der Waals surface area contributed by atoms with Crippen molar-refractivity contribution < 1.29 is 4.42 Å². The molecule has 0 spiro atoms. The maximum absolute atomic E-state index is 6.46. The average Bonchev–Trinajstić information content (AvgIpc) is 4.09. The number of fused-ring (bicyclic) bond motifs is 14. The van der Waals surface area contributed by atoms with Crippen molar-refractivity contribution in [3.05, 3.63) is 254 Å². The summed E-state index contributed by atoms with van der Waals surface area (Å²) >= 11 is 3.75. The molecule has 0 aliphatic rings. The van der Waals surface area contributed by atoms with E-state index in [0.717, 1.165) is 50.1 Å². The van der Waals surface area contributed by atoms with Gasteiger partial charge in [0.2, 0.25) is 0 Å². The van der Waals surface area contributed by atoms with Gasteiger partial charge in [0, 0.05) is 90.7 Å². The molecule has 0 bridgehead atoms. The Morgan fingerprint density at radius 3 is 1.70 bits per heavy atom. The van der Waals surface area contributed by atoms with E-state index in [1.54, 1.807) is 0 Å². The van der Waals surface area contributed by atoms with E-state index in [9.17, 15) is 0 Å². The van der Waals surface area contributed by atoms with Crippen molar-refractivity contribution in [1.29, 1.82) is 0 Å². The normalized spacial score (nSPS) is 12.2. The maximum atomic E-state index is 6.46. The molecule has 0 aliphatic heterocycles. The largest absolute Gasteiger partial charge is 0.456 e. The van der Waals surface area contributed by atoms with Crippen LogP contribution in [0.15, 0.2) is 253 Å². The predicted molar refractivity (Wildman–Crippen MR) is 341 cm³/mol. The Morgan fingerprint density at radius 1 is 0.342 bits per heavy atom. The van der Waals surface area contributed by atoms with Crippen molar-refractivity contribution in [2.24, 2.45) is 0 Å². The summed E-state index contributed by atoms with van der Waals surface area (Å²) in [6.45, 7) is 6.80. The topological polar surface area (TPSA) is 21.3 Å². The first kappa shape index (κ1) is 45.9. The highest BCUT2D eigenvalue weighted by atomic mass is 32.1. The lowest BCUT2D eigenvalue weighted by molar-refractivity contribution is 0.590. The van der Waals surface area contributed by atoms with Gasteiger partial charge in [-0.25, -0.2) is 0 Å². The van der Waals surface area contributed by atoms with E-state index in [-0.39, 0.29) is 5.41 Å². The Hall–Kier alpha value is -9.26. The lowest BCUT2D eigenvalue weighted by Crippen LogP contribution is -2.13. The van der Waals surface area contributed by atoms with Crippen LogP contribution in [0.5, 0.6) is 0 Å². The summed E-state index contributed by atoms with van der Waals surface area (Å²) in [6.07, 6.45) is 0. The van der Waals surface area contributed by atoms with Gasteiger partial charge in [0.1, 0.15) is 11.2 Å². The zero-order valence-electron chi connectivity index (χ0n) is 43.8. The molecule has 16 aromatic rings. The smallest absolute Gasteiger partial charge is 0.137 e. The molecule has 0 unspecified atom stereocenters. The Balaban J connectivity index is 0.860. The first-order chi connectivity index (χ1) is 38.7. The molecule has 0 saturated heterocycles.